The summed E-state index contributed by atoms with van der Waals surface area (Å²) in [6.45, 7) is 4.42. The molecule has 2 saturated heterocycles. The van der Waals surface area contributed by atoms with Gasteiger partial charge in [0.05, 0.1) is 23.8 Å². The van der Waals surface area contributed by atoms with Gasteiger partial charge in [-0.25, -0.2) is 9.31 Å². The quantitative estimate of drug-likeness (QED) is 0.843. The van der Waals surface area contributed by atoms with Crippen LogP contribution in [0, 0.1) is 0 Å². The smallest absolute Gasteiger partial charge is 0.410 e. The van der Waals surface area contributed by atoms with Crippen LogP contribution in [0.25, 0.3) is 5.52 Å². The number of carbonyl (C=O) groups excluding carboxylic acids is 2. The number of carbonyl (C=O) groups is 2. The lowest BCUT2D eigenvalue weighted by Crippen LogP contribution is -2.48. The van der Waals surface area contributed by atoms with E-state index in [-0.39, 0.29) is 12.0 Å². The number of nitrogens with zero attached hydrogens (tertiary/aromatic N) is 4. The van der Waals surface area contributed by atoms with Gasteiger partial charge in [-0.2, -0.15) is 5.10 Å². The Hall–Kier alpha value is -2.57. The Morgan fingerprint density at radius 3 is 2.83 bits per heavy atom. The molecular formula is C17H20N4O3. The number of hydrogen-bond acceptors (Lipinski definition) is 4. The highest BCUT2D eigenvalue weighted by molar-refractivity contribution is 6.00. The minimum Gasteiger partial charge on any atom is -0.441 e. The second-order valence-electron chi connectivity index (χ2n) is 6.45. The zero-order valence-corrected chi connectivity index (χ0v) is 13.6. The van der Waals surface area contributed by atoms with Crippen LogP contribution in [0.15, 0.2) is 30.6 Å². The molecule has 0 aliphatic carbocycles. The fourth-order valence-electron chi connectivity index (χ4n) is 3.58. The number of ether oxygens (including phenoxy) is 1. The van der Waals surface area contributed by atoms with Gasteiger partial charge in [-0.05, 0) is 19.1 Å². The van der Waals surface area contributed by atoms with Crippen molar-refractivity contribution in [1.82, 2.24) is 19.4 Å². The number of likely N-dealkylation sites (tertiary alicyclic amines) is 1. The molecule has 126 valence electrons. The molecule has 0 N–H and O–H groups in total. The van der Waals surface area contributed by atoms with Crippen LogP contribution < -0.4 is 0 Å². The molecule has 0 radical (unpaired) electrons. The van der Waals surface area contributed by atoms with E-state index in [1.807, 2.05) is 36.2 Å². The van der Waals surface area contributed by atoms with Gasteiger partial charge in [0.2, 0.25) is 0 Å². The van der Waals surface area contributed by atoms with Gasteiger partial charge in [-0.3, -0.25) is 4.79 Å². The summed E-state index contributed by atoms with van der Waals surface area (Å²) in [6.07, 6.45) is 4.57. The molecule has 7 nitrogen and oxygen atoms in total. The van der Waals surface area contributed by atoms with Gasteiger partial charge in [-0.1, -0.05) is 6.07 Å². The first kappa shape index (κ1) is 15.0. The van der Waals surface area contributed by atoms with Crippen LogP contribution in [0.4, 0.5) is 4.79 Å². The first-order valence-electron chi connectivity index (χ1n) is 8.31. The van der Waals surface area contributed by atoms with E-state index in [0.29, 0.717) is 44.6 Å². The van der Waals surface area contributed by atoms with Crippen molar-refractivity contribution in [3.05, 3.63) is 36.2 Å². The minimum absolute atomic E-state index is 0.0114. The lowest BCUT2D eigenvalue weighted by atomic mass is 9.91. The van der Waals surface area contributed by atoms with Gasteiger partial charge in [0, 0.05) is 38.7 Å². The number of fused-ring (bicyclic) bond motifs is 1. The Morgan fingerprint density at radius 2 is 2.12 bits per heavy atom. The topological polar surface area (TPSA) is 67.2 Å². The minimum atomic E-state index is -0.426. The molecule has 0 bridgehead atoms. The molecule has 4 rings (SSSR count). The Balaban J connectivity index is 1.48. The average molecular weight is 328 g/mol. The zero-order chi connectivity index (χ0) is 16.7. The molecule has 2 aromatic heterocycles. The second kappa shape index (κ2) is 5.51. The third kappa shape index (κ3) is 2.31. The summed E-state index contributed by atoms with van der Waals surface area (Å²) >= 11 is 0. The van der Waals surface area contributed by atoms with Gasteiger partial charge >= 0.3 is 6.09 Å². The van der Waals surface area contributed by atoms with Crippen LogP contribution in [-0.2, 0) is 4.74 Å². The molecule has 4 heterocycles. The van der Waals surface area contributed by atoms with Gasteiger partial charge < -0.3 is 14.5 Å². The van der Waals surface area contributed by atoms with E-state index in [1.165, 1.54) is 0 Å². The Labute approximate surface area is 139 Å². The lowest BCUT2D eigenvalue weighted by Gasteiger charge is -2.37. The molecule has 2 aliphatic rings. The van der Waals surface area contributed by atoms with Crippen LogP contribution in [-0.4, -0.2) is 63.2 Å². The third-order valence-corrected chi connectivity index (χ3v) is 5.04. The van der Waals surface area contributed by atoms with Gasteiger partial charge in [-0.15, -0.1) is 0 Å². The molecule has 2 aliphatic heterocycles. The van der Waals surface area contributed by atoms with E-state index in [4.69, 9.17) is 4.74 Å². The van der Waals surface area contributed by atoms with Gasteiger partial charge in [0.25, 0.3) is 5.91 Å². The highest BCUT2D eigenvalue weighted by Crippen LogP contribution is 2.33. The van der Waals surface area contributed by atoms with Crippen molar-refractivity contribution in [1.29, 1.82) is 0 Å². The van der Waals surface area contributed by atoms with Crippen molar-refractivity contribution >= 4 is 17.5 Å². The maximum absolute atomic E-state index is 12.8. The Morgan fingerprint density at radius 1 is 1.33 bits per heavy atom. The summed E-state index contributed by atoms with van der Waals surface area (Å²) in [5, 5.41) is 4.23. The molecule has 0 saturated carbocycles. The van der Waals surface area contributed by atoms with E-state index in [2.05, 4.69) is 5.10 Å². The number of piperidine rings is 1. The maximum Gasteiger partial charge on any atom is 0.410 e. The Bertz CT molecular complexity index is 792. The number of amides is 2. The molecule has 7 heteroatoms. The molecule has 0 aromatic carbocycles. The average Bonchev–Trinajstić information content (AvgIpc) is 3.16. The van der Waals surface area contributed by atoms with Crippen LogP contribution >= 0.6 is 0 Å². The van der Waals surface area contributed by atoms with Crippen LogP contribution in [0.5, 0.6) is 0 Å². The first-order chi connectivity index (χ1) is 11.6. The van der Waals surface area contributed by atoms with Crippen molar-refractivity contribution in [2.24, 2.45) is 0 Å². The first-order valence-corrected chi connectivity index (χ1v) is 8.31. The van der Waals surface area contributed by atoms with Crippen LogP contribution in [0.3, 0.4) is 0 Å². The molecular weight excluding hydrogens is 308 g/mol. The van der Waals surface area contributed by atoms with Crippen molar-refractivity contribution in [3.8, 4) is 0 Å². The predicted octanol–water partition coefficient (Wildman–Crippen LogP) is 1.78. The molecule has 24 heavy (non-hydrogen) atoms. The number of pyridine rings is 1. The monoisotopic (exact) mass is 328 g/mol. The summed E-state index contributed by atoms with van der Waals surface area (Å²) in [7, 11) is 0. The SMILES string of the molecule is CCN1CC2(CCN(C(=O)c3cnn4ccccc34)CC2)OC1=O. The molecule has 0 atom stereocenters. The standard InChI is InChI=1S/C17H20N4O3/c1-2-19-12-17(24-16(19)23)6-9-20(10-7-17)15(22)13-11-18-21-8-4-3-5-14(13)21/h3-5,8,11H,2,6-7,9-10,12H2,1H3. The number of aromatic nitrogens is 2. The van der Waals surface area contributed by atoms with E-state index in [1.54, 1.807) is 15.6 Å². The fraction of sp³-hybridized carbons (Fsp3) is 0.471. The van der Waals surface area contributed by atoms with Crippen molar-refractivity contribution < 1.29 is 14.3 Å². The predicted molar refractivity (Wildman–Crippen MR) is 86.8 cm³/mol. The summed E-state index contributed by atoms with van der Waals surface area (Å²) in [6, 6.07) is 5.67. The molecule has 2 amide bonds. The molecule has 0 unspecified atom stereocenters. The summed E-state index contributed by atoms with van der Waals surface area (Å²) in [5.41, 5.74) is 1.00. The van der Waals surface area contributed by atoms with Gasteiger partial charge in [0.1, 0.15) is 5.60 Å². The van der Waals surface area contributed by atoms with Crippen molar-refractivity contribution in [3.63, 3.8) is 0 Å². The van der Waals surface area contributed by atoms with Crippen LogP contribution in [0.2, 0.25) is 0 Å². The third-order valence-electron chi connectivity index (χ3n) is 5.04. The number of rotatable bonds is 2. The highest BCUT2D eigenvalue weighted by Gasteiger charge is 2.47. The second-order valence-corrected chi connectivity index (χ2v) is 6.45. The summed E-state index contributed by atoms with van der Waals surface area (Å²) in [4.78, 5) is 28.2. The highest BCUT2D eigenvalue weighted by atomic mass is 16.6. The van der Waals surface area contributed by atoms with Crippen LogP contribution in [0.1, 0.15) is 30.1 Å². The normalized spacial score (nSPS) is 20.0. The number of hydrogen-bond donors (Lipinski definition) is 0. The van der Waals surface area contributed by atoms with E-state index < -0.39 is 5.60 Å². The molecule has 2 aromatic rings. The summed E-state index contributed by atoms with van der Waals surface area (Å²) in [5.74, 6) is -0.0114. The van der Waals surface area contributed by atoms with Gasteiger partial charge in [0.15, 0.2) is 0 Å². The van der Waals surface area contributed by atoms with Crippen molar-refractivity contribution in [2.75, 3.05) is 26.2 Å². The lowest BCUT2D eigenvalue weighted by molar-refractivity contribution is 0.00320. The number of likely N-dealkylation sites (N-methyl/N-ethyl adjacent to an activating group) is 1. The largest absolute Gasteiger partial charge is 0.441 e. The Kier molecular flexibility index (Phi) is 3.44. The zero-order valence-electron chi connectivity index (χ0n) is 13.6. The van der Waals surface area contributed by atoms with E-state index in [0.717, 1.165) is 5.52 Å². The summed E-state index contributed by atoms with van der Waals surface area (Å²) < 4.78 is 7.32. The maximum atomic E-state index is 12.8. The van der Waals surface area contributed by atoms with E-state index >= 15 is 0 Å². The van der Waals surface area contributed by atoms with Crippen molar-refractivity contribution in [2.45, 2.75) is 25.4 Å². The van der Waals surface area contributed by atoms with E-state index in [9.17, 15) is 9.59 Å². The molecule has 1 spiro atoms. The fourth-order valence-corrected chi connectivity index (χ4v) is 3.58. The molecule has 2 fully saturated rings.